The lowest BCUT2D eigenvalue weighted by molar-refractivity contribution is 0.189. The first-order chi connectivity index (χ1) is 3.47. The third-order valence-electron chi connectivity index (χ3n) is 1.78. The standard InChI is InChI=1S/C6H8O/c1-2-6-4-7-3-5(1)6/h1-2,5-6H,3-4H2/t5-,6+. The third kappa shape index (κ3) is 0.361. The molecule has 0 unspecified atom stereocenters. The number of fused-ring (bicyclic) bond motifs is 1. The summed E-state index contributed by atoms with van der Waals surface area (Å²) in [7, 11) is 0. The molecule has 1 heteroatoms. The van der Waals surface area contributed by atoms with E-state index in [1.807, 2.05) is 0 Å². The molecule has 1 heterocycles. The van der Waals surface area contributed by atoms with Crippen molar-refractivity contribution in [2.75, 3.05) is 13.2 Å². The van der Waals surface area contributed by atoms with Gasteiger partial charge in [-0.1, -0.05) is 12.2 Å². The minimum atomic E-state index is 0.792. The van der Waals surface area contributed by atoms with Crippen molar-refractivity contribution >= 4 is 0 Å². The summed E-state index contributed by atoms with van der Waals surface area (Å²) >= 11 is 0. The smallest absolute Gasteiger partial charge is 0.0535 e. The van der Waals surface area contributed by atoms with Crippen LogP contribution in [0.25, 0.3) is 0 Å². The summed E-state index contributed by atoms with van der Waals surface area (Å²) in [5, 5.41) is 0. The maximum atomic E-state index is 5.17. The summed E-state index contributed by atoms with van der Waals surface area (Å²) in [5.74, 6) is 1.58. The third-order valence-corrected chi connectivity index (χ3v) is 1.78. The van der Waals surface area contributed by atoms with Crippen LogP contribution in [0.5, 0.6) is 0 Å². The molecule has 0 bridgehead atoms. The van der Waals surface area contributed by atoms with Crippen LogP contribution in [-0.4, -0.2) is 13.2 Å². The quantitative estimate of drug-likeness (QED) is 0.406. The Labute approximate surface area is 43.0 Å². The molecule has 2 aliphatic rings. The Morgan fingerprint density at radius 3 is 2.00 bits per heavy atom. The first-order valence-corrected chi connectivity index (χ1v) is 2.73. The molecule has 0 saturated carbocycles. The first kappa shape index (κ1) is 3.67. The van der Waals surface area contributed by atoms with Gasteiger partial charge in [-0.05, 0) is 0 Å². The van der Waals surface area contributed by atoms with Crippen molar-refractivity contribution < 1.29 is 4.74 Å². The van der Waals surface area contributed by atoms with Gasteiger partial charge in [0.15, 0.2) is 0 Å². The lowest BCUT2D eigenvalue weighted by Gasteiger charge is -2.17. The molecule has 0 N–H and O–H groups in total. The van der Waals surface area contributed by atoms with Gasteiger partial charge in [-0.2, -0.15) is 0 Å². The Kier molecular flexibility index (Phi) is 0.577. The topological polar surface area (TPSA) is 9.23 Å². The summed E-state index contributed by atoms with van der Waals surface area (Å²) in [6.07, 6.45) is 4.47. The van der Waals surface area contributed by atoms with Gasteiger partial charge in [0.25, 0.3) is 0 Å². The minimum Gasteiger partial charge on any atom is -0.380 e. The van der Waals surface area contributed by atoms with E-state index in [-0.39, 0.29) is 0 Å². The van der Waals surface area contributed by atoms with Gasteiger partial charge in [-0.15, -0.1) is 0 Å². The number of hydrogen-bond acceptors (Lipinski definition) is 1. The van der Waals surface area contributed by atoms with Gasteiger partial charge in [-0.3, -0.25) is 0 Å². The van der Waals surface area contributed by atoms with E-state index in [0.29, 0.717) is 0 Å². The molecule has 7 heavy (non-hydrogen) atoms. The summed E-state index contributed by atoms with van der Waals surface area (Å²) < 4.78 is 5.17. The van der Waals surface area contributed by atoms with E-state index in [1.54, 1.807) is 0 Å². The molecular formula is C6H8O. The second kappa shape index (κ2) is 1.10. The van der Waals surface area contributed by atoms with Crippen LogP contribution >= 0.6 is 0 Å². The zero-order valence-corrected chi connectivity index (χ0v) is 4.13. The Balaban J connectivity index is 2.17. The number of ether oxygens (including phenoxy) is 1. The fourth-order valence-electron chi connectivity index (χ4n) is 1.12. The monoisotopic (exact) mass is 96.1 g/mol. The van der Waals surface area contributed by atoms with E-state index in [4.69, 9.17) is 4.74 Å². The molecular weight excluding hydrogens is 88.1 g/mol. The van der Waals surface area contributed by atoms with Crippen molar-refractivity contribution in [1.82, 2.24) is 0 Å². The van der Waals surface area contributed by atoms with E-state index in [9.17, 15) is 0 Å². The maximum Gasteiger partial charge on any atom is 0.0535 e. The van der Waals surface area contributed by atoms with Gasteiger partial charge in [0.05, 0.1) is 13.2 Å². The average Bonchev–Trinajstić information content (AvgIpc) is 1.85. The molecule has 0 radical (unpaired) electrons. The zero-order chi connectivity index (χ0) is 4.69. The SMILES string of the molecule is C1=C[C@H]2COC[C@@H]12. The molecule has 1 aliphatic carbocycles. The van der Waals surface area contributed by atoms with Crippen LogP contribution < -0.4 is 0 Å². The van der Waals surface area contributed by atoms with E-state index in [2.05, 4.69) is 12.2 Å². The van der Waals surface area contributed by atoms with Crippen LogP contribution in [0, 0.1) is 11.8 Å². The molecule has 1 nitrogen and oxygen atoms in total. The summed E-state index contributed by atoms with van der Waals surface area (Å²) in [5.41, 5.74) is 0. The van der Waals surface area contributed by atoms with E-state index in [1.165, 1.54) is 0 Å². The summed E-state index contributed by atoms with van der Waals surface area (Å²) in [4.78, 5) is 0. The van der Waals surface area contributed by atoms with Crippen molar-refractivity contribution in [3.8, 4) is 0 Å². The second-order valence-electron chi connectivity index (χ2n) is 2.25. The molecule has 0 spiro atoms. The van der Waals surface area contributed by atoms with Gasteiger partial charge in [0.1, 0.15) is 0 Å². The molecule has 0 amide bonds. The highest BCUT2D eigenvalue weighted by atomic mass is 16.5. The highest BCUT2D eigenvalue weighted by molar-refractivity contribution is 5.11. The van der Waals surface area contributed by atoms with Gasteiger partial charge >= 0.3 is 0 Å². The van der Waals surface area contributed by atoms with Gasteiger partial charge in [0, 0.05) is 11.8 Å². The van der Waals surface area contributed by atoms with Crippen LogP contribution in [0.15, 0.2) is 12.2 Å². The van der Waals surface area contributed by atoms with Crippen LogP contribution in [0.3, 0.4) is 0 Å². The molecule has 1 aliphatic heterocycles. The Morgan fingerprint density at radius 1 is 1.14 bits per heavy atom. The Bertz CT molecular complexity index is 94.7. The Hall–Kier alpha value is -0.300. The predicted octanol–water partition coefficient (Wildman–Crippen LogP) is 0.819. The average molecular weight is 96.1 g/mol. The van der Waals surface area contributed by atoms with Crippen LogP contribution in [0.4, 0.5) is 0 Å². The molecule has 2 rings (SSSR count). The van der Waals surface area contributed by atoms with E-state index < -0.39 is 0 Å². The Morgan fingerprint density at radius 2 is 1.71 bits per heavy atom. The minimum absolute atomic E-state index is 0.792. The van der Waals surface area contributed by atoms with Crippen LogP contribution in [0.1, 0.15) is 0 Å². The van der Waals surface area contributed by atoms with Gasteiger partial charge in [0.2, 0.25) is 0 Å². The van der Waals surface area contributed by atoms with Crippen molar-refractivity contribution in [2.45, 2.75) is 0 Å². The van der Waals surface area contributed by atoms with Crippen LogP contribution in [-0.2, 0) is 4.74 Å². The highest BCUT2D eigenvalue weighted by Crippen LogP contribution is 2.30. The maximum absolute atomic E-state index is 5.17. The van der Waals surface area contributed by atoms with Crippen molar-refractivity contribution in [1.29, 1.82) is 0 Å². The lowest BCUT2D eigenvalue weighted by Crippen LogP contribution is -2.14. The fraction of sp³-hybridized carbons (Fsp3) is 0.667. The molecule has 1 saturated heterocycles. The molecule has 38 valence electrons. The molecule has 0 aromatic heterocycles. The lowest BCUT2D eigenvalue weighted by atomic mass is 9.86. The second-order valence-corrected chi connectivity index (χ2v) is 2.25. The number of rotatable bonds is 0. The van der Waals surface area contributed by atoms with E-state index >= 15 is 0 Å². The zero-order valence-electron chi connectivity index (χ0n) is 4.13. The fourth-order valence-corrected chi connectivity index (χ4v) is 1.12. The van der Waals surface area contributed by atoms with Gasteiger partial charge in [-0.25, -0.2) is 0 Å². The first-order valence-electron chi connectivity index (χ1n) is 2.73. The van der Waals surface area contributed by atoms with Gasteiger partial charge < -0.3 is 4.74 Å². The summed E-state index contributed by atoms with van der Waals surface area (Å²) in [6, 6.07) is 0. The predicted molar refractivity (Wildman–Crippen MR) is 26.9 cm³/mol. The normalized spacial score (nSPS) is 45.7. The number of hydrogen-bond donors (Lipinski definition) is 0. The molecule has 2 atom stereocenters. The highest BCUT2D eigenvalue weighted by Gasteiger charge is 2.29. The summed E-state index contributed by atoms with van der Waals surface area (Å²) in [6.45, 7) is 1.95. The molecule has 1 fully saturated rings. The van der Waals surface area contributed by atoms with Crippen molar-refractivity contribution in [3.63, 3.8) is 0 Å². The van der Waals surface area contributed by atoms with Crippen molar-refractivity contribution in [3.05, 3.63) is 12.2 Å². The molecule has 0 aromatic rings. The molecule has 0 aromatic carbocycles. The largest absolute Gasteiger partial charge is 0.380 e. The van der Waals surface area contributed by atoms with E-state index in [0.717, 1.165) is 25.0 Å². The van der Waals surface area contributed by atoms with Crippen LogP contribution in [0.2, 0.25) is 0 Å². The van der Waals surface area contributed by atoms with Crippen molar-refractivity contribution in [2.24, 2.45) is 11.8 Å².